The van der Waals surface area contributed by atoms with Gasteiger partial charge in [0.05, 0.1) is 6.54 Å². The van der Waals surface area contributed by atoms with E-state index in [0.29, 0.717) is 22.2 Å². The summed E-state index contributed by atoms with van der Waals surface area (Å²) in [5.74, 6) is 1.22. The quantitative estimate of drug-likeness (QED) is 0.881. The van der Waals surface area contributed by atoms with E-state index in [1.165, 1.54) is 0 Å². The normalized spacial score (nSPS) is 13.7. The zero-order valence-corrected chi connectivity index (χ0v) is 13.4. The van der Waals surface area contributed by atoms with E-state index in [-0.39, 0.29) is 25.3 Å². The van der Waals surface area contributed by atoms with Crippen molar-refractivity contribution in [2.45, 2.75) is 13.0 Å². The van der Waals surface area contributed by atoms with E-state index in [2.05, 4.69) is 10.6 Å². The van der Waals surface area contributed by atoms with Gasteiger partial charge in [-0.2, -0.15) is 0 Å². The number of amides is 1. The van der Waals surface area contributed by atoms with Crippen molar-refractivity contribution in [3.8, 4) is 11.5 Å². The van der Waals surface area contributed by atoms with Gasteiger partial charge in [-0.25, -0.2) is 0 Å². The summed E-state index contributed by atoms with van der Waals surface area (Å²) in [6, 6.07) is 12.9. The number of hydrogen-bond acceptors (Lipinski definition) is 4. The van der Waals surface area contributed by atoms with Gasteiger partial charge in [0.1, 0.15) is 0 Å². The van der Waals surface area contributed by atoms with E-state index in [1.54, 1.807) is 18.2 Å². The van der Waals surface area contributed by atoms with Gasteiger partial charge in [-0.3, -0.25) is 4.79 Å². The highest BCUT2D eigenvalue weighted by Gasteiger charge is 2.14. The van der Waals surface area contributed by atoms with Gasteiger partial charge in [-0.05, 0) is 36.8 Å². The summed E-state index contributed by atoms with van der Waals surface area (Å²) in [6.07, 6.45) is 0. The number of carbonyl (C=O) groups is 1. The molecule has 3 rings (SSSR count). The van der Waals surface area contributed by atoms with Crippen molar-refractivity contribution in [2.75, 3.05) is 18.7 Å². The van der Waals surface area contributed by atoms with E-state index in [0.717, 1.165) is 5.56 Å². The summed E-state index contributed by atoms with van der Waals surface area (Å²) < 4.78 is 10.5. The molecular formula is C17H17ClN2O3. The Hall–Kier alpha value is -2.24. The maximum absolute atomic E-state index is 12.0. The van der Waals surface area contributed by atoms with Crippen molar-refractivity contribution in [3.05, 3.63) is 53.1 Å². The van der Waals surface area contributed by atoms with E-state index < -0.39 is 0 Å². The monoisotopic (exact) mass is 332 g/mol. The minimum atomic E-state index is -0.121. The Bertz CT molecular complexity index is 703. The van der Waals surface area contributed by atoms with Crippen LogP contribution in [-0.4, -0.2) is 19.2 Å². The molecule has 0 fully saturated rings. The molecule has 0 saturated heterocycles. The van der Waals surface area contributed by atoms with Crippen LogP contribution >= 0.6 is 11.6 Å². The number of fused-ring (bicyclic) bond motifs is 1. The van der Waals surface area contributed by atoms with Gasteiger partial charge < -0.3 is 20.1 Å². The molecule has 2 aromatic carbocycles. The Morgan fingerprint density at radius 3 is 2.70 bits per heavy atom. The topological polar surface area (TPSA) is 59.6 Å². The first kappa shape index (κ1) is 15.6. The third-order valence-electron chi connectivity index (χ3n) is 3.60. The summed E-state index contributed by atoms with van der Waals surface area (Å²) in [5.41, 5.74) is 1.76. The lowest BCUT2D eigenvalue weighted by atomic mass is 10.1. The van der Waals surface area contributed by atoms with Gasteiger partial charge in [0.25, 0.3) is 0 Å². The highest BCUT2D eigenvalue weighted by molar-refractivity contribution is 6.30. The molecule has 2 aromatic rings. The lowest BCUT2D eigenvalue weighted by molar-refractivity contribution is -0.115. The Labute approximate surface area is 139 Å². The Kier molecular flexibility index (Phi) is 4.69. The van der Waals surface area contributed by atoms with Crippen molar-refractivity contribution >= 4 is 23.2 Å². The molecule has 120 valence electrons. The van der Waals surface area contributed by atoms with Crippen LogP contribution in [0.3, 0.4) is 0 Å². The van der Waals surface area contributed by atoms with Gasteiger partial charge in [-0.1, -0.05) is 23.7 Å². The summed E-state index contributed by atoms with van der Waals surface area (Å²) in [6.45, 7) is 2.42. The molecule has 0 spiro atoms. The maximum Gasteiger partial charge on any atom is 0.238 e. The van der Waals surface area contributed by atoms with Crippen LogP contribution in [0.4, 0.5) is 5.69 Å². The van der Waals surface area contributed by atoms with Gasteiger partial charge in [0.2, 0.25) is 12.7 Å². The first-order valence-electron chi connectivity index (χ1n) is 7.30. The van der Waals surface area contributed by atoms with Crippen molar-refractivity contribution in [1.29, 1.82) is 0 Å². The predicted molar refractivity (Wildman–Crippen MR) is 89.1 cm³/mol. The third-order valence-corrected chi connectivity index (χ3v) is 3.85. The smallest absolute Gasteiger partial charge is 0.238 e. The zero-order chi connectivity index (χ0) is 16.2. The van der Waals surface area contributed by atoms with Crippen molar-refractivity contribution in [2.24, 2.45) is 0 Å². The summed E-state index contributed by atoms with van der Waals surface area (Å²) >= 11 is 5.87. The minimum Gasteiger partial charge on any atom is -0.454 e. The molecule has 2 N–H and O–H groups in total. The van der Waals surface area contributed by atoms with Crippen LogP contribution in [0.15, 0.2) is 42.5 Å². The van der Waals surface area contributed by atoms with E-state index in [1.807, 2.05) is 31.2 Å². The van der Waals surface area contributed by atoms with Gasteiger partial charge in [0, 0.05) is 22.8 Å². The van der Waals surface area contributed by atoms with Crippen LogP contribution < -0.4 is 20.1 Å². The second kappa shape index (κ2) is 6.89. The number of rotatable bonds is 5. The second-order valence-corrected chi connectivity index (χ2v) is 5.71. The van der Waals surface area contributed by atoms with Gasteiger partial charge in [-0.15, -0.1) is 0 Å². The summed E-state index contributed by atoms with van der Waals surface area (Å²) in [4.78, 5) is 12.0. The zero-order valence-electron chi connectivity index (χ0n) is 12.6. The molecule has 1 unspecified atom stereocenters. The van der Waals surface area contributed by atoms with E-state index >= 15 is 0 Å². The molecule has 0 saturated carbocycles. The van der Waals surface area contributed by atoms with Crippen molar-refractivity contribution in [3.63, 3.8) is 0 Å². The van der Waals surface area contributed by atoms with E-state index in [4.69, 9.17) is 21.1 Å². The fraction of sp³-hybridized carbons (Fsp3) is 0.235. The largest absolute Gasteiger partial charge is 0.454 e. The van der Waals surface area contributed by atoms with Crippen LogP contribution in [0.1, 0.15) is 18.5 Å². The molecular weight excluding hydrogens is 316 g/mol. The lowest BCUT2D eigenvalue weighted by Crippen LogP contribution is -2.30. The number of halogens is 1. The van der Waals surface area contributed by atoms with Crippen LogP contribution in [0, 0.1) is 0 Å². The Balaban J connectivity index is 1.52. The SMILES string of the molecule is CC(NCC(=O)Nc1ccc2c(c1)OCO2)c1ccc(Cl)cc1. The van der Waals surface area contributed by atoms with Gasteiger partial charge in [0.15, 0.2) is 11.5 Å². The molecule has 1 atom stereocenters. The first-order valence-corrected chi connectivity index (χ1v) is 7.68. The molecule has 1 heterocycles. The number of nitrogens with one attached hydrogen (secondary N) is 2. The summed E-state index contributed by atoms with van der Waals surface area (Å²) in [7, 11) is 0. The predicted octanol–water partition coefficient (Wildman–Crippen LogP) is 3.36. The number of hydrogen-bond donors (Lipinski definition) is 2. The average Bonchev–Trinajstić information content (AvgIpc) is 3.01. The molecule has 23 heavy (non-hydrogen) atoms. The summed E-state index contributed by atoms with van der Waals surface area (Å²) in [5, 5.41) is 6.70. The number of anilines is 1. The fourth-order valence-corrected chi connectivity index (χ4v) is 2.42. The van der Waals surface area contributed by atoms with Crippen LogP contribution in [0.2, 0.25) is 5.02 Å². The molecule has 0 aromatic heterocycles. The van der Waals surface area contributed by atoms with Crippen LogP contribution in [-0.2, 0) is 4.79 Å². The number of ether oxygens (including phenoxy) is 2. The molecule has 1 aliphatic heterocycles. The molecule has 5 nitrogen and oxygen atoms in total. The Morgan fingerprint density at radius 2 is 1.91 bits per heavy atom. The molecule has 0 bridgehead atoms. The number of carbonyl (C=O) groups excluding carboxylic acids is 1. The molecule has 0 radical (unpaired) electrons. The number of benzene rings is 2. The molecule has 6 heteroatoms. The average molecular weight is 333 g/mol. The molecule has 1 aliphatic rings. The fourth-order valence-electron chi connectivity index (χ4n) is 2.29. The highest BCUT2D eigenvalue weighted by Crippen LogP contribution is 2.34. The third kappa shape index (κ3) is 3.94. The van der Waals surface area contributed by atoms with Crippen molar-refractivity contribution < 1.29 is 14.3 Å². The van der Waals surface area contributed by atoms with Gasteiger partial charge >= 0.3 is 0 Å². The maximum atomic E-state index is 12.0. The van der Waals surface area contributed by atoms with Crippen molar-refractivity contribution in [1.82, 2.24) is 5.32 Å². The highest BCUT2D eigenvalue weighted by atomic mass is 35.5. The lowest BCUT2D eigenvalue weighted by Gasteiger charge is -2.14. The second-order valence-electron chi connectivity index (χ2n) is 5.27. The van der Waals surface area contributed by atoms with E-state index in [9.17, 15) is 4.79 Å². The molecule has 1 amide bonds. The van der Waals surface area contributed by atoms with Crippen LogP contribution in [0.25, 0.3) is 0 Å². The minimum absolute atomic E-state index is 0.0507. The van der Waals surface area contributed by atoms with Crippen LogP contribution in [0.5, 0.6) is 11.5 Å². The Morgan fingerprint density at radius 1 is 1.17 bits per heavy atom. The molecule has 0 aliphatic carbocycles. The first-order chi connectivity index (χ1) is 11.1. The standard InChI is InChI=1S/C17H17ClN2O3/c1-11(12-2-4-13(18)5-3-12)19-9-17(21)20-14-6-7-15-16(8-14)23-10-22-15/h2-8,11,19H,9-10H2,1H3,(H,20,21).